The lowest BCUT2D eigenvalue weighted by Gasteiger charge is -2.11. The molecule has 5 N–H and O–H groups in total. The highest BCUT2D eigenvalue weighted by Gasteiger charge is 2.32. The molecule has 0 radical (unpaired) electrons. The first-order chi connectivity index (χ1) is 10.7. The number of nitrogens with one attached hydrogen (secondary N) is 1. The molecule has 2 rings (SSSR count). The van der Waals surface area contributed by atoms with Gasteiger partial charge in [-0.1, -0.05) is 6.07 Å². The van der Waals surface area contributed by atoms with Gasteiger partial charge in [-0.05, 0) is 24.3 Å². The maximum absolute atomic E-state index is 12.7. The van der Waals surface area contributed by atoms with E-state index in [0.29, 0.717) is 12.3 Å². The van der Waals surface area contributed by atoms with E-state index in [9.17, 15) is 22.2 Å². The van der Waals surface area contributed by atoms with Crippen molar-refractivity contribution in [2.75, 3.05) is 11.1 Å². The van der Waals surface area contributed by atoms with Gasteiger partial charge in [-0.25, -0.2) is 14.3 Å². The van der Waals surface area contributed by atoms with Crippen molar-refractivity contribution < 1.29 is 22.2 Å². The highest BCUT2D eigenvalue weighted by Crippen LogP contribution is 2.30. The fraction of sp³-hybridized carbons (Fsp3) is 0.0769. The number of rotatable bonds is 3. The molecule has 2 aromatic rings. The van der Waals surface area contributed by atoms with Gasteiger partial charge in [0.1, 0.15) is 16.8 Å². The number of nitrogens with two attached hydrogens (primary N) is 2. The summed E-state index contributed by atoms with van der Waals surface area (Å²) in [5, 5.41) is 7.58. The minimum Gasteiger partial charge on any atom is -0.383 e. The first-order valence-corrected chi connectivity index (χ1v) is 7.30. The number of amides is 1. The van der Waals surface area contributed by atoms with Crippen LogP contribution in [0.25, 0.3) is 0 Å². The molecule has 1 atom stereocenters. The molecule has 1 amide bonds. The summed E-state index contributed by atoms with van der Waals surface area (Å²) < 4.78 is 49.2. The zero-order chi connectivity index (χ0) is 17.2. The Kier molecular flexibility index (Phi) is 4.66. The van der Waals surface area contributed by atoms with Crippen molar-refractivity contribution in [3.63, 3.8) is 0 Å². The Morgan fingerprint density at radius 2 is 1.96 bits per heavy atom. The van der Waals surface area contributed by atoms with Gasteiger partial charge in [-0.15, -0.1) is 0 Å². The maximum atomic E-state index is 12.7. The van der Waals surface area contributed by atoms with Gasteiger partial charge in [0, 0.05) is 11.9 Å². The quantitative estimate of drug-likeness (QED) is 0.790. The van der Waals surface area contributed by atoms with E-state index in [1.807, 2.05) is 0 Å². The van der Waals surface area contributed by atoms with Crippen LogP contribution in [-0.4, -0.2) is 15.1 Å². The first kappa shape index (κ1) is 16.9. The Morgan fingerprint density at radius 3 is 2.57 bits per heavy atom. The van der Waals surface area contributed by atoms with E-state index < -0.39 is 34.2 Å². The van der Waals surface area contributed by atoms with E-state index in [4.69, 9.17) is 10.9 Å². The maximum Gasteiger partial charge on any atom is 0.417 e. The molecule has 0 aliphatic heterocycles. The summed E-state index contributed by atoms with van der Waals surface area (Å²) in [7, 11) is -1.76. The van der Waals surface area contributed by atoms with Crippen LogP contribution in [0.5, 0.6) is 0 Å². The molecule has 0 aliphatic rings. The number of alkyl halides is 3. The van der Waals surface area contributed by atoms with Crippen LogP contribution < -0.4 is 16.2 Å². The number of nitrogens with zero attached hydrogens (tertiary/aromatic N) is 1. The van der Waals surface area contributed by atoms with E-state index >= 15 is 0 Å². The number of hydrogen-bond acceptors (Lipinski definition) is 4. The summed E-state index contributed by atoms with van der Waals surface area (Å²) >= 11 is 0. The average Bonchev–Trinajstić information content (AvgIpc) is 2.46. The minimum atomic E-state index is -4.65. The molecule has 0 saturated heterocycles. The number of carbonyl (C=O) groups excluding carboxylic acids is 1. The van der Waals surface area contributed by atoms with E-state index in [2.05, 4.69) is 10.3 Å². The molecule has 122 valence electrons. The molecule has 1 unspecified atom stereocenters. The second-order valence-electron chi connectivity index (χ2n) is 4.43. The Balaban J connectivity index is 2.31. The van der Waals surface area contributed by atoms with Gasteiger partial charge in [0.05, 0.1) is 16.0 Å². The fourth-order valence-corrected chi connectivity index (χ4v) is 2.17. The Bertz CT molecular complexity index is 780. The van der Waals surface area contributed by atoms with Crippen molar-refractivity contribution in [3.8, 4) is 0 Å². The molecule has 0 spiro atoms. The molecular weight excluding hydrogens is 333 g/mol. The normalized spacial score (nSPS) is 12.7. The van der Waals surface area contributed by atoms with Crippen molar-refractivity contribution in [1.29, 1.82) is 0 Å². The van der Waals surface area contributed by atoms with Crippen molar-refractivity contribution in [2.24, 2.45) is 5.14 Å². The number of aromatic nitrogens is 1. The average molecular weight is 344 g/mol. The smallest absolute Gasteiger partial charge is 0.383 e. The zero-order valence-electron chi connectivity index (χ0n) is 11.4. The summed E-state index contributed by atoms with van der Waals surface area (Å²) in [5.74, 6) is -1.21. The molecule has 0 bridgehead atoms. The highest BCUT2D eigenvalue weighted by atomic mass is 32.2. The summed E-state index contributed by atoms with van der Waals surface area (Å²) in [6.07, 6.45) is -4.10. The van der Waals surface area contributed by atoms with Gasteiger partial charge < -0.3 is 11.1 Å². The Labute approximate surface area is 131 Å². The lowest BCUT2D eigenvalue weighted by atomic mass is 10.1. The number of carbonyl (C=O) groups is 1. The summed E-state index contributed by atoms with van der Waals surface area (Å²) in [5.41, 5.74) is 4.16. The number of halogens is 3. The van der Waals surface area contributed by atoms with Gasteiger partial charge in [0.25, 0.3) is 5.91 Å². The molecule has 23 heavy (non-hydrogen) atoms. The lowest BCUT2D eigenvalue weighted by molar-refractivity contribution is -0.137. The van der Waals surface area contributed by atoms with Gasteiger partial charge in [0.2, 0.25) is 0 Å². The van der Waals surface area contributed by atoms with Crippen molar-refractivity contribution >= 4 is 28.4 Å². The summed E-state index contributed by atoms with van der Waals surface area (Å²) in [6, 6.07) is 6.38. The van der Waals surface area contributed by atoms with Crippen molar-refractivity contribution in [3.05, 3.63) is 47.7 Å². The van der Waals surface area contributed by atoms with Gasteiger partial charge in [-0.2, -0.15) is 13.2 Å². The SMILES string of the molecule is Nc1ncc(C(F)(F)F)cc1C(=O)Nc1cccc(S(N)=O)c1. The molecule has 1 aromatic carbocycles. The number of nitrogen functional groups attached to an aromatic ring is 1. The predicted molar refractivity (Wildman–Crippen MR) is 78.6 cm³/mol. The van der Waals surface area contributed by atoms with Crippen LogP contribution in [0.1, 0.15) is 15.9 Å². The second kappa shape index (κ2) is 6.34. The van der Waals surface area contributed by atoms with Crippen LogP contribution in [0.15, 0.2) is 41.4 Å². The number of hydrogen-bond donors (Lipinski definition) is 3. The fourth-order valence-electron chi connectivity index (χ4n) is 1.71. The van der Waals surface area contributed by atoms with E-state index in [0.717, 1.165) is 0 Å². The predicted octanol–water partition coefficient (Wildman–Crippen LogP) is 1.92. The number of pyridine rings is 1. The standard InChI is InChI=1S/C13H11F3N4O2S/c14-13(15,16)7-4-10(11(17)19-6-7)12(21)20-8-2-1-3-9(5-8)23(18)22/h1-6H,18H2,(H2,17,19)(H,20,21). The third-order valence-corrected chi connectivity index (χ3v) is 3.53. The van der Waals surface area contributed by atoms with Crippen LogP contribution >= 0.6 is 0 Å². The molecular formula is C13H11F3N4O2S. The Morgan fingerprint density at radius 1 is 1.26 bits per heavy atom. The van der Waals surface area contributed by atoms with E-state index in [-0.39, 0.29) is 16.4 Å². The highest BCUT2D eigenvalue weighted by molar-refractivity contribution is 7.82. The molecule has 1 heterocycles. The monoisotopic (exact) mass is 344 g/mol. The molecule has 10 heteroatoms. The second-order valence-corrected chi connectivity index (χ2v) is 5.50. The third kappa shape index (κ3) is 4.05. The van der Waals surface area contributed by atoms with Crippen LogP contribution in [0.3, 0.4) is 0 Å². The van der Waals surface area contributed by atoms with E-state index in [1.54, 1.807) is 0 Å². The molecule has 6 nitrogen and oxygen atoms in total. The summed E-state index contributed by atoms with van der Waals surface area (Å²) in [6.45, 7) is 0. The largest absolute Gasteiger partial charge is 0.417 e. The third-order valence-electron chi connectivity index (χ3n) is 2.81. The zero-order valence-corrected chi connectivity index (χ0v) is 12.2. The van der Waals surface area contributed by atoms with Crippen molar-refractivity contribution in [2.45, 2.75) is 11.1 Å². The van der Waals surface area contributed by atoms with E-state index in [1.165, 1.54) is 24.3 Å². The van der Waals surface area contributed by atoms with Gasteiger partial charge in [0.15, 0.2) is 0 Å². The number of benzene rings is 1. The molecule has 0 fully saturated rings. The van der Waals surface area contributed by atoms with Gasteiger partial charge in [-0.3, -0.25) is 4.79 Å². The van der Waals surface area contributed by atoms with Gasteiger partial charge >= 0.3 is 6.18 Å². The van der Waals surface area contributed by atoms with Crippen LogP contribution in [-0.2, 0) is 17.2 Å². The Hall–Kier alpha value is -2.46. The molecule has 0 saturated carbocycles. The lowest BCUT2D eigenvalue weighted by Crippen LogP contribution is -2.17. The topological polar surface area (TPSA) is 111 Å². The summed E-state index contributed by atoms with van der Waals surface area (Å²) in [4.78, 5) is 15.7. The van der Waals surface area contributed by atoms with Crippen LogP contribution in [0.4, 0.5) is 24.7 Å². The van der Waals surface area contributed by atoms with Crippen LogP contribution in [0, 0.1) is 0 Å². The minimum absolute atomic E-state index is 0.211. The molecule has 0 aliphatic carbocycles. The first-order valence-electron chi connectivity index (χ1n) is 6.09. The molecule has 1 aromatic heterocycles. The van der Waals surface area contributed by atoms with Crippen LogP contribution in [0.2, 0.25) is 0 Å². The number of anilines is 2. The van der Waals surface area contributed by atoms with Crippen molar-refractivity contribution in [1.82, 2.24) is 4.98 Å².